The Morgan fingerprint density at radius 1 is 0.903 bits per heavy atom. The minimum atomic E-state index is 0.683. The van der Waals surface area contributed by atoms with Crippen molar-refractivity contribution < 1.29 is 14.0 Å². The lowest BCUT2D eigenvalue weighted by atomic mass is 9.91. The molecule has 0 fully saturated rings. The van der Waals surface area contributed by atoms with Crippen molar-refractivity contribution in [3.05, 3.63) is 87.4 Å². The number of nitrogens with zero attached hydrogens (tertiary/aromatic N) is 2. The Balaban J connectivity index is 1.74. The standard InChI is InChI=1S/C26H24ClN2O2/c1-16-4-6-17(7-5-16)23-15-29-11-10-18-12-24(30-2)25(31-3)14-21(18)26(29)20-9-8-19(27)13-22(20)28-23/h4-9,12-14H,10-11,15H2,1-3H3/q+1. The van der Waals surface area contributed by atoms with Gasteiger partial charge in [0, 0.05) is 17.0 Å². The van der Waals surface area contributed by atoms with Crippen LogP contribution in [0.4, 0.5) is 5.69 Å². The van der Waals surface area contributed by atoms with Gasteiger partial charge in [-0.2, -0.15) is 0 Å². The number of methoxy groups -OCH3 is 2. The zero-order chi connectivity index (χ0) is 21.5. The van der Waals surface area contributed by atoms with Crippen LogP contribution in [0.3, 0.4) is 0 Å². The zero-order valence-electron chi connectivity index (χ0n) is 17.9. The number of aliphatic imine (C=N–C) groups is 1. The Morgan fingerprint density at radius 2 is 1.65 bits per heavy atom. The van der Waals surface area contributed by atoms with Crippen LogP contribution in [0.15, 0.2) is 59.6 Å². The number of rotatable bonds is 3. The zero-order valence-corrected chi connectivity index (χ0v) is 18.7. The van der Waals surface area contributed by atoms with Crippen LogP contribution in [0.2, 0.25) is 5.02 Å². The molecular formula is C26H24ClN2O2+. The third-order valence-corrected chi connectivity index (χ3v) is 6.26. The molecule has 0 bridgehead atoms. The molecule has 0 aromatic heterocycles. The first kappa shape index (κ1) is 19.8. The minimum Gasteiger partial charge on any atom is -0.493 e. The molecule has 0 amide bonds. The first-order chi connectivity index (χ1) is 15.1. The number of hydrogen-bond acceptors (Lipinski definition) is 3. The molecule has 0 spiro atoms. The summed E-state index contributed by atoms with van der Waals surface area (Å²) < 4.78 is 13.6. The second-order valence-electron chi connectivity index (χ2n) is 7.97. The van der Waals surface area contributed by atoms with Gasteiger partial charge in [0.05, 0.1) is 31.0 Å². The highest BCUT2D eigenvalue weighted by Gasteiger charge is 2.33. The number of halogens is 1. The van der Waals surface area contributed by atoms with Crippen molar-refractivity contribution in [2.75, 3.05) is 27.3 Å². The Kier molecular flexibility index (Phi) is 5.03. The summed E-state index contributed by atoms with van der Waals surface area (Å²) in [4.78, 5) is 5.09. The predicted molar refractivity (Wildman–Crippen MR) is 125 cm³/mol. The average Bonchev–Trinajstić information content (AvgIpc) is 2.95. The maximum absolute atomic E-state index is 6.38. The van der Waals surface area contributed by atoms with Crippen LogP contribution in [0.5, 0.6) is 11.5 Å². The number of ether oxygens (including phenoxy) is 2. The molecule has 2 heterocycles. The molecule has 156 valence electrons. The second kappa shape index (κ2) is 7.86. The normalized spacial score (nSPS) is 14.8. The molecule has 0 N–H and O–H groups in total. The molecule has 4 nitrogen and oxygen atoms in total. The molecule has 5 rings (SSSR count). The molecule has 0 saturated carbocycles. The summed E-state index contributed by atoms with van der Waals surface area (Å²) in [6.45, 7) is 3.74. The van der Waals surface area contributed by atoms with E-state index in [0.29, 0.717) is 5.02 Å². The number of hydrogen-bond donors (Lipinski definition) is 0. The van der Waals surface area contributed by atoms with Crippen molar-refractivity contribution in [2.45, 2.75) is 13.3 Å². The van der Waals surface area contributed by atoms with Crippen molar-refractivity contribution in [1.82, 2.24) is 0 Å². The van der Waals surface area contributed by atoms with Crippen LogP contribution in [-0.4, -0.2) is 43.3 Å². The largest absolute Gasteiger partial charge is 0.493 e. The second-order valence-corrected chi connectivity index (χ2v) is 8.41. The summed E-state index contributed by atoms with van der Waals surface area (Å²) in [5.41, 5.74) is 8.97. The molecule has 0 aliphatic carbocycles. The van der Waals surface area contributed by atoms with Crippen molar-refractivity contribution in [3.8, 4) is 11.5 Å². The molecule has 0 saturated heterocycles. The van der Waals surface area contributed by atoms with E-state index in [4.69, 9.17) is 26.1 Å². The third kappa shape index (κ3) is 3.51. The number of fused-ring (bicyclic) bond motifs is 4. The Labute approximate surface area is 187 Å². The summed E-state index contributed by atoms with van der Waals surface area (Å²) in [6.07, 6.45) is 0.934. The molecular weight excluding hydrogens is 408 g/mol. The van der Waals surface area contributed by atoms with E-state index in [1.54, 1.807) is 14.2 Å². The topological polar surface area (TPSA) is 33.8 Å². The van der Waals surface area contributed by atoms with Gasteiger partial charge >= 0.3 is 0 Å². The molecule has 3 aromatic rings. The third-order valence-electron chi connectivity index (χ3n) is 6.03. The summed E-state index contributed by atoms with van der Waals surface area (Å²) in [7, 11) is 3.35. The SMILES string of the molecule is COc1cc2c(cc1OC)C1=[N+](CC2)CC(c2ccc(C)cc2)=Nc2cc(Cl)ccc21. The van der Waals surface area contributed by atoms with E-state index < -0.39 is 0 Å². The van der Waals surface area contributed by atoms with E-state index in [0.717, 1.165) is 59.1 Å². The van der Waals surface area contributed by atoms with Crippen LogP contribution >= 0.6 is 11.6 Å². The van der Waals surface area contributed by atoms with E-state index in [1.807, 2.05) is 12.1 Å². The number of benzene rings is 3. The highest BCUT2D eigenvalue weighted by atomic mass is 35.5. The fraction of sp³-hybridized carbons (Fsp3) is 0.231. The highest BCUT2D eigenvalue weighted by Crippen LogP contribution is 2.37. The van der Waals surface area contributed by atoms with Crippen LogP contribution < -0.4 is 9.47 Å². The highest BCUT2D eigenvalue weighted by molar-refractivity contribution is 6.31. The average molecular weight is 432 g/mol. The van der Waals surface area contributed by atoms with E-state index in [9.17, 15) is 0 Å². The van der Waals surface area contributed by atoms with Crippen LogP contribution in [-0.2, 0) is 6.42 Å². The van der Waals surface area contributed by atoms with Crippen molar-refractivity contribution in [3.63, 3.8) is 0 Å². The van der Waals surface area contributed by atoms with Gasteiger partial charge in [-0.15, -0.1) is 0 Å². The van der Waals surface area contributed by atoms with Gasteiger partial charge in [-0.25, -0.2) is 9.57 Å². The van der Waals surface area contributed by atoms with Gasteiger partial charge in [-0.1, -0.05) is 41.4 Å². The predicted octanol–water partition coefficient (Wildman–Crippen LogP) is 5.21. The van der Waals surface area contributed by atoms with Crippen LogP contribution in [0, 0.1) is 6.92 Å². The molecule has 3 aromatic carbocycles. The Morgan fingerprint density at radius 3 is 2.39 bits per heavy atom. The summed E-state index contributed by atoms with van der Waals surface area (Å²) in [5, 5.41) is 0.683. The first-order valence-electron chi connectivity index (χ1n) is 10.4. The molecule has 31 heavy (non-hydrogen) atoms. The molecule has 2 aliphatic heterocycles. The van der Waals surface area contributed by atoms with Gasteiger partial charge in [0.25, 0.3) is 0 Å². The van der Waals surface area contributed by atoms with E-state index in [1.165, 1.54) is 16.8 Å². The quantitative estimate of drug-likeness (QED) is 0.534. The van der Waals surface area contributed by atoms with Crippen LogP contribution in [0.25, 0.3) is 0 Å². The van der Waals surface area contributed by atoms with Gasteiger partial charge in [0.15, 0.2) is 18.0 Å². The summed E-state index contributed by atoms with van der Waals surface area (Å²) >= 11 is 6.38. The van der Waals surface area contributed by atoms with Gasteiger partial charge in [-0.3, -0.25) is 0 Å². The molecule has 5 heteroatoms. The monoisotopic (exact) mass is 431 g/mol. The Hall–Kier alpha value is -3.11. The van der Waals surface area contributed by atoms with Gasteiger partial charge in [0.2, 0.25) is 5.71 Å². The maximum atomic E-state index is 6.38. The summed E-state index contributed by atoms with van der Waals surface area (Å²) in [5.74, 6) is 1.49. The van der Waals surface area contributed by atoms with Crippen molar-refractivity contribution in [2.24, 2.45) is 4.99 Å². The van der Waals surface area contributed by atoms with Crippen molar-refractivity contribution in [1.29, 1.82) is 0 Å². The minimum absolute atomic E-state index is 0.683. The lowest BCUT2D eigenvalue weighted by Crippen LogP contribution is -2.33. The molecule has 2 aliphatic rings. The molecule has 0 atom stereocenters. The van der Waals surface area contributed by atoms with Crippen LogP contribution in [0.1, 0.15) is 27.8 Å². The summed E-state index contributed by atoms with van der Waals surface area (Å²) in [6, 6.07) is 18.7. The molecule has 0 unspecified atom stereocenters. The lowest BCUT2D eigenvalue weighted by molar-refractivity contribution is -0.512. The fourth-order valence-electron chi connectivity index (χ4n) is 4.42. The van der Waals surface area contributed by atoms with Gasteiger partial charge in [-0.05, 0) is 42.8 Å². The van der Waals surface area contributed by atoms with E-state index >= 15 is 0 Å². The maximum Gasteiger partial charge on any atom is 0.217 e. The Bertz CT molecular complexity index is 1240. The van der Waals surface area contributed by atoms with Gasteiger partial charge < -0.3 is 9.47 Å². The first-order valence-corrected chi connectivity index (χ1v) is 10.8. The van der Waals surface area contributed by atoms with Crippen molar-refractivity contribution >= 4 is 28.7 Å². The van der Waals surface area contributed by atoms with E-state index in [2.05, 4.69) is 54.0 Å². The van der Waals surface area contributed by atoms with Gasteiger partial charge in [0.1, 0.15) is 12.3 Å². The lowest BCUT2D eigenvalue weighted by Gasteiger charge is -2.20. The molecule has 0 radical (unpaired) electrons. The fourth-order valence-corrected chi connectivity index (χ4v) is 4.59. The van der Waals surface area contributed by atoms with E-state index in [-0.39, 0.29) is 0 Å². The number of aryl methyl sites for hydroxylation is 1. The smallest absolute Gasteiger partial charge is 0.217 e.